The summed E-state index contributed by atoms with van der Waals surface area (Å²) in [5.74, 6) is 0. The van der Waals surface area contributed by atoms with E-state index in [4.69, 9.17) is 5.41 Å². The van der Waals surface area contributed by atoms with Crippen LogP contribution in [0.4, 0.5) is 0 Å². The third-order valence-corrected chi connectivity index (χ3v) is 4.36. The Morgan fingerprint density at radius 3 is 2.48 bits per heavy atom. The first-order valence-corrected chi connectivity index (χ1v) is 7.77. The second-order valence-electron chi connectivity index (χ2n) is 6.57. The van der Waals surface area contributed by atoms with Gasteiger partial charge < -0.3 is 5.41 Å². The molecule has 0 saturated carbocycles. The predicted octanol–water partition coefficient (Wildman–Crippen LogP) is 6.28. The Morgan fingerprint density at radius 2 is 1.81 bits per heavy atom. The van der Waals surface area contributed by atoms with Crippen molar-refractivity contribution in [3.63, 3.8) is 0 Å². The highest BCUT2D eigenvalue weighted by Gasteiger charge is 2.25. The molecule has 0 bridgehead atoms. The van der Waals surface area contributed by atoms with Gasteiger partial charge in [0.25, 0.3) is 0 Å². The molecule has 0 radical (unpaired) electrons. The quantitative estimate of drug-likeness (QED) is 0.454. The molecule has 0 aromatic heterocycles. The van der Waals surface area contributed by atoms with Crippen LogP contribution < -0.4 is 0 Å². The zero-order chi connectivity index (χ0) is 15.9. The lowest BCUT2D eigenvalue weighted by Gasteiger charge is -2.32. The summed E-state index contributed by atoms with van der Waals surface area (Å²) in [4.78, 5) is 0. The van der Waals surface area contributed by atoms with Crippen molar-refractivity contribution in [1.82, 2.24) is 0 Å². The van der Waals surface area contributed by atoms with E-state index >= 15 is 0 Å². The highest BCUT2D eigenvalue weighted by Crippen LogP contribution is 2.40. The summed E-state index contributed by atoms with van der Waals surface area (Å²) < 4.78 is 0. The van der Waals surface area contributed by atoms with Crippen molar-refractivity contribution in [3.05, 3.63) is 58.7 Å². The molecule has 1 aliphatic carbocycles. The van der Waals surface area contributed by atoms with Crippen molar-refractivity contribution in [2.75, 3.05) is 0 Å². The van der Waals surface area contributed by atoms with Gasteiger partial charge in [-0.15, -0.1) is 0 Å². The van der Waals surface area contributed by atoms with E-state index in [0.717, 1.165) is 5.57 Å². The Balaban J connectivity index is 0.00000441. The first-order valence-electron chi connectivity index (χ1n) is 7.77. The van der Waals surface area contributed by atoms with Gasteiger partial charge in [0.1, 0.15) is 0 Å². The minimum absolute atomic E-state index is 0. The van der Waals surface area contributed by atoms with E-state index in [0.29, 0.717) is 5.41 Å². The fourth-order valence-electron chi connectivity index (χ4n) is 2.57. The Labute approximate surface area is 131 Å². The van der Waals surface area contributed by atoms with Gasteiger partial charge in [0.2, 0.25) is 0 Å². The normalized spacial score (nSPS) is 20.6. The van der Waals surface area contributed by atoms with Gasteiger partial charge in [-0.2, -0.15) is 0 Å². The van der Waals surface area contributed by atoms with E-state index in [2.05, 4.69) is 45.9 Å². The highest BCUT2D eigenvalue weighted by molar-refractivity contribution is 5.69. The van der Waals surface area contributed by atoms with E-state index < -0.39 is 0 Å². The molecule has 0 spiro atoms. The van der Waals surface area contributed by atoms with Crippen LogP contribution >= 0.6 is 0 Å². The first-order chi connectivity index (χ1) is 9.86. The van der Waals surface area contributed by atoms with Crippen LogP contribution in [-0.4, -0.2) is 6.21 Å². The molecule has 0 unspecified atom stereocenters. The summed E-state index contributed by atoms with van der Waals surface area (Å²) in [6, 6.07) is 0. The van der Waals surface area contributed by atoms with Gasteiger partial charge in [0, 0.05) is 6.21 Å². The number of rotatable bonds is 5. The van der Waals surface area contributed by atoms with Crippen molar-refractivity contribution >= 4 is 6.21 Å². The van der Waals surface area contributed by atoms with E-state index in [-0.39, 0.29) is 1.43 Å². The maximum atomic E-state index is 7.02. The van der Waals surface area contributed by atoms with Crippen LogP contribution in [0.3, 0.4) is 0 Å². The molecule has 0 aromatic rings. The van der Waals surface area contributed by atoms with Crippen molar-refractivity contribution in [3.8, 4) is 0 Å². The zero-order valence-corrected chi connectivity index (χ0v) is 14.2. The molecule has 0 amide bonds. The van der Waals surface area contributed by atoms with Crippen molar-refractivity contribution < 1.29 is 1.43 Å². The average Bonchev–Trinajstić information content (AvgIpc) is 2.41. The SMILES string of the molecule is CC1=C(/C=C/C(C)=C/C=C/C(C)=C/C=N)CCCC1(C)C.[H+]. The van der Waals surface area contributed by atoms with Crippen LogP contribution in [0.5, 0.6) is 0 Å². The van der Waals surface area contributed by atoms with E-state index in [1.807, 2.05) is 19.1 Å². The van der Waals surface area contributed by atoms with E-state index in [9.17, 15) is 0 Å². The van der Waals surface area contributed by atoms with Gasteiger partial charge in [-0.3, -0.25) is 0 Å². The topological polar surface area (TPSA) is 23.9 Å². The lowest BCUT2D eigenvalue weighted by Crippen LogP contribution is -2.18. The Bertz CT molecular complexity index is 528. The number of nitrogens with one attached hydrogen (secondary N) is 1. The number of hydrogen-bond donors (Lipinski definition) is 1. The van der Waals surface area contributed by atoms with Crippen LogP contribution in [0.1, 0.15) is 55.3 Å². The summed E-state index contributed by atoms with van der Waals surface area (Å²) in [5.41, 5.74) is 5.73. The maximum Gasteiger partial charge on any atom is 1.00 e. The molecule has 0 atom stereocenters. The predicted molar refractivity (Wildman–Crippen MR) is 96.0 cm³/mol. The van der Waals surface area contributed by atoms with Gasteiger partial charge in [-0.25, -0.2) is 0 Å². The molecule has 1 nitrogen and oxygen atoms in total. The molecule has 0 fully saturated rings. The molecular weight excluding hydrogens is 254 g/mol. The summed E-state index contributed by atoms with van der Waals surface area (Å²) >= 11 is 0. The van der Waals surface area contributed by atoms with Crippen LogP contribution in [0.15, 0.2) is 58.7 Å². The molecular formula is C20H30N+. The average molecular weight is 284 g/mol. The molecule has 0 aliphatic heterocycles. The smallest absolute Gasteiger partial charge is 0.309 e. The minimum Gasteiger partial charge on any atom is -0.309 e. The zero-order valence-electron chi connectivity index (χ0n) is 15.2. The van der Waals surface area contributed by atoms with Crippen LogP contribution in [0.25, 0.3) is 0 Å². The Kier molecular flexibility index (Phi) is 6.61. The molecule has 114 valence electrons. The Hall–Kier alpha value is -1.63. The third-order valence-electron chi connectivity index (χ3n) is 4.36. The molecule has 21 heavy (non-hydrogen) atoms. The second-order valence-corrected chi connectivity index (χ2v) is 6.57. The minimum atomic E-state index is 0. The van der Waals surface area contributed by atoms with Gasteiger partial charge in [-0.05, 0) is 62.7 Å². The Morgan fingerprint density at radius 1 is 1.14 bits per heavy atom. The number of allylic oxidation sites excluding steroid dienone is 10. The summed E-state index contributed by atoms with van der Waals surface area (Å²) in [7, 11) is 0. The van der Waals surface area contributed by atoms with Gasteiger partial charge >= 0.3 is 1.43 Å². The van der Waals surface area contributed by atoms with Gasteiger partial charge in [0.05, 0.1) is 0 Å². The van der Waals surface area contributed by atoms with Crippen LogP contribution in [0.2, 0.25) is 0 Å². The fourth-order valence-corrected chi connectivity index (χ4v) is 2.57. The second kappa shape index (κ2) is 7.97. The molecule has 1 heteroatoms. The van der Waals surface area contributed by atoms with Crippen molar-refractivity contribution in [2.24, 2.45) is 5.41 Å². The standard InChI is InChI=1S/C20H29N/c1-16(8-6-9-17(2)13-15-21)11-12-19-10-7-14-20(4,5)18(19)3/h6,8-9,11-13,15,21H,7,10,14H2,1-5H3/p+1/b9-6+,12-11+,16-8+,17-13+,21-15?. The molecule has 0 saturated heterocycles. The maximum absolute atomic E-state index is 7.02. The third kappa shape index (κ3) is 5.71. The molecule has 0 heterocycles. The van der Waals surface area contributed by atoms with Crippen LogP contribution in [0, 0.1) is 10.8 Å². The lowest BCUT2D eigenvalue weighted by molar-refractivity contribution is 0.370. The molecule has 1 aliphatic rings. The van der Waals surface area contributed by atoms with Crippen LogP contribution in [-0.2, 0) is 0 Å². The molecule has 1 rings (SSSR count). The summed E-state index contributed by atoms with van der Waals surface area (Å²) in [5, 5.41) is 7.02. The highest BCUT2D eigenvalue weighted by atomic mass is 14.3. The molecule has 0 aromatic carbocycles. The van der Waals surface area contributed by atoms with Crippen molar-refractivity contribution in [1.29, 1.82) is 5.41 Å². The van der Waals surface area contributed by atoms with E-state index in [1.54, 1.807) is 6.08 Å². The van der Waals surface area contributed by atoms with Gasteiger partial charge in [-0.1, -0.05) is 55.4 Å². The first kappa shape index (κ1) is 17.4. The largest absolute Gasteiger partial charge is 1.00 e. The number of hydrogen-bond acceptors (Lipinski definition) is 1. The monoisotopic (exact) mass is 284 g/mol. The lowest BCUT2D eigenvalue weighted by atomic mass is 9.73. The fraction of sp³-hybridized carbons (Fsp3) is 0.450. The molecule has 1 N–H and O–H groups in total. The van der Waals surface area contributed by atoms with Crippen molar-refractivity contribution in [2.45, 2.75) is 53.9 Å². The van der Waals surface area contributed by atoms with Gasteiger partial charge in [0.15, 0.2) is 0 Å². The summed E-state index contributed by atoms with van der Waals surface area (Å²) in [6.45, 7) is 11.1. The summed E-state index contributed by atoms with van der Waals surface area (Å²) in [6.07, 6.45) is 17.6. The van der Waals surface area contributed by atoms with E-state index in [1.165, 1.54) is 42.2 Å².